The molecule has 6 N–H and O–H groups in total. The summed E-state index contributed by atoms with van der Waals surface area (Å²) < 4.78 is 5.33. The van der Waals surface area contributed by atoms with Crippen molar-refractivity contribution in [2.45, 2.75) is 39.2 Å². The number of alkyl carbamates (subject to hydrolysis) is 1. The van der Waals surface area contributed by atoms with Crippen molar-refractivity contribution in [3.8, 4) is 0 Å². The van der Waals surface area contributed by atoms with Crippen LogP contribution in [0.3, 0.4) is 0 Å². The predicted molar refractivity (Wildman–Crippen MR) is 143 cm³/mol. The number of nitrogens with one attached hydrogen (secondary N) is 2. The van der Waals surface area contributed by atoms with Gasteiger partial charge >= 0.3 is 6.09 Å². The molecule has 0 radical (unpaired) electrons. The second-order valence-electron chi connectivity index (χ2n) is 8.73. The summed E-state index contributed by atoms with van der Waals surface area (Å²) in [4.78, 5) is 27.1. The van der Waals surface area contributed by atoms with E-state index in [4.69, 9.17) is 16.3 Å². The standard InChI is InChI=1S/C27H38N6O3/c1-3-4-9-15-31-27(35)36-18-17-33(29)26-22-12-7-8-13-23(22)32(24(34)14-16-30-2)19-20-10-5-6-11-21(20)25(26)28/h5-8,10-13,30H,3-4,9,14-19,28-29H2,1-2H3,(H,31,35)/b26-25-. The Morgan fingerprint density at radius 3 is 2.53 bits per heavy atom. The molecule has 1 aliphatic rings. The molecule has 1 aliphatic heterocycles. The molecule has 0 fully saturated rings. The normalized spacial score (nSPS) is 14.8. The Kier molecular flexibility index (Phi) is 10.1. The van der Waals surface area contributed by atoms with Crippen LogP contribution in [0.15, 0.2) is 48.5 Å². The van der Waals surface area contributed by atoms with E-state index in [2.05, 4.69) is 17.6 Å². The number of hydrazine groups is 1. The van der Waals surface area contributed by atoms with Crippen molar-refractivity contribution in [3.05, 3.63) is 65.2 Å². The molecule has 0 saturated heterocycles. The number of para-hydroxylation sites is 1. The molecule has 2 aromatic carbocycles. The second-order valence-corrected chi connectivity index (χ2v) is 8.73. The molecule has 2 amide bonds. The third-order valence-corrected chi connectivity index (χ3v) is 6.13. The van der Waals surface area contributed by atoms with Gasteiger partial charge in [0.1, 0.15) is 6.61 Å². The Morgan fingerprint density at radius 1 is 1.06 bits per heavy atom. The van der Waals surface area contributed by atoms with Crippen molar-refractivity contribution < 1.29 is 14.3 Å². The highest BCUT2D eigenvalue weighted by atomic mass is 16.5. The number of fused-ring (bicyclic) bond motifs is 2. The maximum absolute atomic E-state index is 13.3. The monoisotopic (exact) mass is 494 g/mol. The second kappa shape index (κ2) is 13.5. The lowest BCUT2D eigenvalue weighted by Crippen LogP contribution is -2.39. The first-order valence-corrected chi connectivity index (χ1v) is 12.5. The molecular weight excluding hydrogens is 456 g/mol. The van der Waals surface area contributed by atoms with Gasteiger partial charge in [-0.15, -0.1) is 0 Å². The Hall–Kier alpha value is -3.56. The summed E-state index contributed by atoms with van der Waals surface area (Å²) in [5, 5.41) is 7.29. The Labute approximate surface area is 213 Å². The Morgan fingerprint density at radius 2 is 1.78 bits per heavy atom. The fraction of sp³-hybridized carbons (Fsp3) is 0.407. The van der Waals surface area contributed by atoms with Crippen LogP contribution in [-0.2, 0) is 16.1 Å². The van der Waals surface area contributed by atoms with Crippen LogP contribution < -0.4 is 27.1 Å². The minimum absolute atomic E-state index is 0.00178. The molecule has 1 heterocycles. The average Bonchev–Trinajstić information content (AvgIpc) is 2.88. The molecule has 0 saturated carbocycles. The van der Waals surface area contributed by atoms with Gasteiger partial charge in [-0.2, -0.15) is 0 Å². The molecule has 9 heteroatoms. The van der Waals surface area contributed by atoms with Gasteiger partial charge < -0.3 is 31.0 Å². The number of anilines is 1. The van der Waals surface area contributed by atoms with Crippen LogP contribution in [0.25, 0.3) is 11.4 Å². The van der Waals surface area contributed by atoms with Gasteiger partial charge in [-0.05, 0) is 25.1 Å². The number of nitrogens with two attached hydrogens (primary N) is 2. The molecule has 9 nitrogen and oxygen atoms in total. The first kappa shape index (κ1) is 27.0. The molecule has 0 atom stereocenters. The fourth-order valence-corrected chi connectivity index (χ4v) is 4.22. The van der Waals surface area contributed by atoms with Crippen LogP contribution in [-0.4, -0.2) is 50.3 Å². The van der Waals surface area contributed by atoms with Crippen molar-refractivity contribution in [1.82, 2.24) is 15.6 Å². The van der Waals surface area contributed by atoms with E-state index in [0.29, 0.717) is 37.4 Å². The lowest BCUT2D eigenvalue weighted by molar-refractivity contribution is -0.118. The minimum Gasteiger partial charge on any atom is -0.448 e. The number of hydrogen-bond donors (Lipinski definition) is 4. The number of amides is 2. The van der Waals surface area contributed by atoms with E-state index in [1.54, 1.807) is 4.90 Å². The number of carbonyl (C=O) groups is 2. The van der Waals surface area contributed by atoms with E-state index in [1.165, 1.54) is 5.01 Å². The summed E-state index contributed by atoms with van der Waals surface area (Å²) in [5.41, 5.74) is 11.0. The van der Waals surface area contributed by atoms with Gasteiger partial charge in [-0.25, -0.2) is 10.6 Å². The quantitative estimate of drug-likeness (QED) is 0.215. The smallest absolute Gasteiger partial charge is 0.407 e. The molecule has 0 aliphatic carbocycles. The van der Waals surface area contributed by atoms with E-state index in [9.17, 15) is 9.59 Å². The van der Waals surface area contributed by atoms with Crippen molar-refractivity contribution in [1.29, 1.82) is 0 Å². The van der Waals surface area contributed by atoms with Gasteiger partial charge in [0.2, 0.25) is 5.91 Å². The van der Waals surface area contributed by atoms with E-state index >= 15 is 0 Å². The van der Waals surface area contributed by atoms with E-state index in [0.717, 1.165) is 41.6 Å². The van der Waals surface area contributed by atoms with Gasteiger partial charge in [0, 0.05) is 30.6 Å². The molecule has 0 spiro atoms. The number of carbonyl (C=O) groups excluding carboxylic acids is 2. The van der Waals surface area contributed by atoms with Crippen LogP contribution in [0.4, 0.5) is 10.5 Å². The third-order valence-electron chi connectivity index (χ3n) is 6.13. The highest BCUT2D eigenvalue weighted by molar-refractivity contribution is 6.01. The average molecular weight is 495 g/mol. The summed E-state index contributed by atoms with van der Waals surface area (Å²) in [7, 11) is 1.82. The summed E-state index contributed by atoms with van der Waals surface area (Å²) in [6.07, 6.45) is 2.94. The Bertz CT molecular complexity index is 1070. The zero-order chi connectivity index (χ0) is 25.9. The molecule has 0 unspecified atom stereocenters. The van der Waals surface area contributed by atoms with Crippen LogP contribution in [0.2, 0.25) is 0 Å². The maximum Gasteiger partial charge on any atom is 0.407 e. The zero-order valence-electron chi connectivity index (χ0n) is 21.3. The predicted octanol–water partition coefficient (Wildman–Crippen LogP) is 3.02. The molecule has 0 bridgehead atoms. The Balaban J connectivity index is 1.89. The number of rotatable bonds is 11. The van der Waals surface area contributed by atoms with Gasteiger partial charge in [0.05, 0.1) is 30.2 Å². The molecule has 36 heavy (non-hydrogen) atoms. The number of nitrogens with zero attached hydrogens (tertiary/aromatic N) is 2. The largest absolute Gasteiger partial charge is 0.448 e. The van der Waals surface area contributed by atoms with Crippen molar-refractivity contribution >= 4 is 29.1 Å². The zero-order valence-corrected chi connectivity index (χ0v) is 21.3. The number of benzene rings is 2. The lowest BCUT2D eigenvalue weighted by atomic mass is 9.95. The lowest BCUT2D eigenvalue weighted by Gasteiger charge is -2.33. The highest BCUT2D eigenvalue weighted by Gasteiger charge is 2.27. The van der Waals surface area contributed by atoms with Crippen LogP contribution >= 0.6 is 0 Å². The van der Waals surface area contributed by atoms with Crippen LogP contribution in [0.1, 0.15) is 49.3 Å². The maximum atomic E-state index is 13.3. The number of unbranched alkanes of at least 4 members (excludes halogenated alkanes) is 2. The SMILES string of the molecule is CCCCCNC(=O)OCCN(N)/C1=C(\N)c2ccccc2CN(C(=O)CCNC)c2ccccc21. The summed E-state index contributed by atoms with van der Waals surface area (Å²) in [6.45, 7) is 3.97. The van der Waals surface area contributed by atoms with Crippen molar-refractivity contribution in [2.75, 3.05) is 38.2 Å². The van der Waals surface area contributed by atoms with Gasteiger partial charge in [-0.3, -0.25) is 4.79 Å². The van der Waals surface area contributed by atoms with Gasteiger partial charge in [0.25, 0.3) is 0 Å². The first-order chi connectivity index (χ1) is 17.5. The summed E-state index contributed by atoms with van der Waals surface area (Å²) in [6, 6.07) is 15.4. The van der Waals surface area contributed by atoms with Gasteiger partial charge in [0.15, 0.2) is 0 Å². The summed E-state index contributed by atoms with van der Waals surface area (Å²) in [5.74, 6) is 6.53. The first-order valence-electron chi connectivity index (χ1n) is 12.5. The molecule has 2 aromatic rings. The highest BCUT2D eigenvalue weighted by Crippen LogP contribution is 2.36. The molecule has 194 valence electrons. The summed E-state index contributed by atoms with van der Waals surface area (Å²) >= 11 is 0. The minimum atomic E-state index is -0.467. The number of hydrogen-bond acceptors (Lipinski definition) is 7. The molecular formula is C27H38N6O3. The fourth-order valence-electron chi connectivity index (χ4n) is 4.22. The van der Waals surface area contributed by atoms with E-state index < -0.39 is 6.09 Å². The van der Waals surface area contributed by atoms with E-state index in [1.807, 2.05) is 55.6 Å². The van der Waals surface area contributed by atoms with Crippen LogP contribution in [0, 0.1) is 0 Å². The third kappa shape index (κ3) is 6.77. The van der Waals surface area contributed by atoms with Crippen molar-refractivity contribution in [2.24, 2.45) is 11.6 Å². The van der Waals surface area contributed by atoms with Gasteiger partial charge in [-0.1, -0.05) is 62.2 Å². The molecule has 0 aromatic heterocycles. The van der Waals surface area contributed by atoms with Crippen molar-refractivity contribution in [3.63, 3.8) is 0 Å². The topological polar surface area (TPSA) is 126 Å². The number of ether oxygens (including phenoxy) is 1. The molecule has 3 rings (SSSR count). The van der Waals surface area contributed by atoms with E-state index in [-0.39, 0.29) is 19.1 Å². The van der Waals surface area contributed by atoms with Crippen LogP contribution in [0.5, 0.6) is 0 Å².